The van der Waals surface area contributed by atoms with Gasteiger partial charge in [0.05, 0.1) is 13.2 Å². The number of nitrogens with one attached hydrogen (secondary N) is 1. The molecule has 0 radical (unpaired) electrons. The summed E-state index contributed by atoms with van der Waals surface area (Å²) in [4.78, 5) is 2.62. The van der Waals surface area contributed by atoms with Crippen molar-refractivity contribution in [2.45, 2.75) is 57.0 Å². The molecule has 110 valence electrons. The van der Waals surface area contributed by atoms with E-state index in [0.717, 1.165) is 32.7 Å². The van der Waals surface area contributed by atoms with Gasteiger partial charge in [-0.1, -0.05) is 25.3 Å². The van der Waals surface area contributed by atoms with E-state index in [1.165, 1.54) is 38.6 Å². The van der Waals surface area contributed by atoms with Gasteiger partial charge in [-0.2, -0.15) is 0 Å². The van der Waals surface area contributed by atoms with Crippen LogP contribution in [0.1, 0.15) is 45.4 Å². The van der Waals surface area contributed by atoms with E-state index in [-0.39, 0.29) is 0 Å². The van der Waals surface area contributed by atoms with Crippen molar-refractivity contribution in [3.63, 3.8) is 0 Å². The van der Waals surface area contributed by atoms with Crippen LogP contribution < -0.4 is 5.32 Å². The van der Waals surface area contributed by atoms with Gasteiger partial charge in [0.1, 0.15) is 0 Å². The SMILES string of the molecule is C=CCCOCCN1CC2(CCCCC2)NCC1C. The fourth-order valence-corrected chi connectivity index (χ4v) is 3.41. The van der Waals surface area contributed by atoms with Crippen molar-refractivity contribution >= 4 is 0 Å². The Balaban J connectivity index is 1.76. The van der Waals surface area contributed by atoms with Crippen LogP contribution in [0.2, 0.25) is 0 Å². The zero-order valence-electron chi connectivity index (χ0n) is 12.5. The third kappa shape index (κ3) is 4.30. The first-order valence-electron chi connectivity index (χ1n) is 7.93. The summed E-state index contributed by atoms with van der Waals surface area (Å²) in [5.74, 6) is 0. The second kappa shape index (κ2) is 7.41. The lowest BCUT2D eigenvalue weighted by Gasteiger charge is -2.49. The monoisotopic (exact) mass is 266 g/mol. The standard InChI is InChI=1S/C16H30N2O/c1-3-4-11-19-12-10-18-14-16(17-13-15(18)2)8-6-5-7-9-16/h3,15,17H,1,4-14H2,2H3. The minimum Gasteiger partial charge on any atom is -0.380 e. The van der Waals surface area contributed by atoms with Crippen molar-refractivity contribution in [2.24, 2.45) is 0 Å². The van der Waals surface area contributed by atoms with Crippen LogP contribution in [0.25, 0.3) is 0 Å². The van der Waals surface area contributed by atoms with Crippen molar-refractivity contribution in [3.05, 3.63) is 12.7 Å². The summed E-state index contributed by atoms with van der Waals surface area (Å²) < 4.78 is 5.67. The largest absolute Gasteiger partial charge is 0.380 e. The third-order valence-electron chi connectivity index (χ3n) is 4.70. The molecule has 0 aromatic carbocycles. The van der Waals surface area contributed by atoms with Gasteiger partial charge in [0.2, 0.25) is 0 Å². The van der Waals surface area contributed by atoms with Gasteiger partial charge in [-0.25, -0.2) is 0 Å². The number of hydrogen-bond acceptors (Lipinski definition) is 3. The molecule has 2 aliphatic rings. The summed E-state index contributed by atoms with van der Waals surface area (Å²) >= 11 is 0. The summed E-state index contributed by atoms with van der Waals surface area (Å²) in [5.41, 5.74) is 0.409. The summed E-state index contributed by atoms with van der Waals surface area (Å²) in [7, 11) is 0. The average molecular weight is 266 g/mol. The molecule has 1 atom stereocenters. The van der Waals surface area contributed by atoms with Crippen LogP contribution in [0.15, 0.2) is 12.7 Å². The molecule has 0 aromatic heterocycles. The molecule has 3 nitrogen and oxygen atoms in total. The molecule has 2 fully saturated rings. The molecule has 1 saturated carbocycles. The molecule has 0 bridgehead atoms. The van der Waals surface area contributed by atoms with Crippen molar-refractivity contribution in [1.29, 1.82) is 0 Å². The van der Waals surface area contributed by atoms with E-state index in [2.05, 4.69) is 23.7 Å². The lowest BCUT2D eigenvalue weighted by atomic mass is 9.79. The van der Waals surface area contributed by atoms with Gasteiger partial charge >= 0.3 is 0 Å². The van der Waals surface area contributed by atoms with E-state index in [0.29, 0.717) is 11.6 Å². The molecule has 1 unspecified atom stereocenters. The first-order chi connectivity index (χ1) is 9.26. The third-order valence-corrected chi connectivity index (χ3v) is 4.70. The number of rotatable bonds is 6. The number of piperazine rings is 1. The lowest BCUT2D eigenvalue weighted by molar-refractivity contribution is 0.0337. The molecular formula is C16H30N2O. The first kappa shape index (κ1) is 15.0. The maximum atomic E-state index is 5.67. The fraction of sp³-hybridized carbons (Fsp3) is 0.875. The zero-order chi connectivity index (χ0) is 13.6. The Hall–Kier alpha value is -0.380. The van der Waals surface area contributed by atoms with Gasteiger partial charge in [-0.15, -0.1) is 6.58 Å². The summed E-state index contributed by atoms with van der Waals surface area (Å²) in [6.45, 7) is 11.1. The average Bonchev–Trinajstić information content (AvgIpc) is 2.44. The second-order valence-electron chi connectivity index (χ2n) is 6.23. The maximum absolute atomic E-state index is 5.67. The van der Waals surface area contributed by atoms with Gasteiger partial charge in [-0.05, 0) is 26.2 Å². The van der Waals surface area contributed by atoms with E-state index >= 15 is 0 Å². The van der Waals surface area contributed by atoms with E-state index in [9.17, 15) is 0 Å². The molecule has 1 heterocycles. The predicted molar refractivity (Wildman–Crippen MR) is 80.5 cm³/mol. The lowest BCUT2D eigenvalue weighted by Crippen LogP contribution is -2.64. The minimum atomic E-state index is 0.409. The fourth-order valence-electron chi connectivity index (χ4n) is 3.41. The smallest absolute Gasteiger partial charge is 0.0593 e. The number of nitrogens with zero attached hydrogens (tertiary/aromatic N) is 1. The van der Waals surface area contributed by atoms with Crippen molar-refractivity contribution in [3.8, 4) is 0 Å². The molecule has 1 N–H and O–H groups in total. The van der Waals surface area contributed by atoms with Crippen molar-refractivity contribution in [1.82, 2.24) is 10.2 Å². The molecule has 1 saturated heterocycles. The molecule has 1 spiro atoms. The Bertz CT molecular complexity index is 274. The van der Waals surface area contributed by atoms with Crippen LogP contribution >= 0.6 is 0 Å². The van der Waals surface area contributed by atoms with Crippen molar-refractivity contribution in [2.75, 3.05) is 32.8 Å². The van der Waals surface area contributed by atoms with Gasteiger partial charge in [0, 0.05) is 31.2 Å². The van der Waals surface area contributed by atoms with E-state index < -0.39 is 0 Å². The molecule has 1 aliphatic heterocycles. The highest BCUT2D eigenvalue weighted by atomic mass is 16.5. The van der Waals surface area contributed by atoms with Gasteiger partial charge in [0.25, 0.3) is 0 Å². The van der Waals surface area contributed by atoms with Gasteiger partial charge in [-0.3, -0.25) is 4.90 Å². The van der Waals surface area contributed by atoms with Gasteiger partial charge in [0.15, 0.2) is 0 Å². The summed E-state index contributed by atoms with van der Waals surface area (Å²) in [6.07, 6.45) is 9.80. The molecule has 0 aromatic rings. The van der Waals surface area contributed by atoms with Crippen LogP contribution in [-0.4, -0.2) is 49.3 Å². The second-order valence-corrected chi connectivity index (χ2v) is 6.23. The van der Waals surface area contributed by atoms with Crippen LogP contribution in [0.4, 0.5) is 0 Å². The summed E-state index contributed by atoms with van der Waals surface area (Å²) in [5, 5.41) is 3.83. The van der Waals surface area contributed by atoms with Crippen LogP contribution in [0, 0.1) is 0 Å². The zero-order valence-corrected chi connectivity index (χ0v) is 12.5. The molecule has 3 heteroatoms. The quantitative estimate of drug-likeness (QED) is 0.591. The van der Waals surface area contributed by atoms with Crippen molar-refractivity contribution < 1.29 is 4.74 Å². The highest BCUT2D eigenvalue weighted by molar-refractivity contribution is 4.98. The molecule has 19 heavy (non-hydrogen) atoms. The first-order valence-corrected chi connectivity index (χ1v) is 7.93. The Morgan fingerprint density at radius 2 is 2.11 bits per heavy atom. The topological polar surface area (TPSA) is 24.5 Å². The minimum absolute atomic E-state index is 0.409. The Labute approximate surface area is 118 Å². The Kier molecular flexibility index (Phi) is 5.86. The molecular weight excluding hydrogens is 236 g/mol. The molecule has 1 aliphatic carbocycles. The highest BCUT2D eigenvalue weighted by Gasteiger charge is 2.38. The number of hydrogen-bond donors (Lipinski definition) is 1. The van der Waals surface area contributed by atoms with E-state index in [1.54, 1.807) is 0 Å². The molecule has 0 amide bonds. The maximum Gasteiger partial charge on any atom is 0.0593 e. The van der Waals surface area contributed by atoms with Gasteiger partial charge < -0.3 is 10.1 Å². The van der Waals surface area contributed by atoms with E-state index in [4.69, 9.17) is 4.74 Å². The van der Waals surface area contributed by atoms with Crippen LogP contribution in [-0.2, 0) is 4.74 Å². The predicted octanol–water partition coefficient (Wildman–Crippen LogP) is 2.58. The highest BCUT2D eigenvalue weighted by Crippen LogP contribution is 2.31. The van der Waals surface area contributed by atoms with E-state index in [1.807, 2.05) is 6.08 Å². The summed E-state index contributed by atoms with van der Waals surface area (Å²) in [6, 6.07) is 0.635. The van der Waals surface area contributed by atoms with Crippen LogP contribution in [0.5, 0.6) is 0 Å². The Morgan fingerprint density at radius 1 is 1.32 bits per heavy atom. The molecule has 2 rings (SSSR count). The number of ether oxygens (including phenoxy) is 1. The normalized spacial score (nSPS) is 27.5. The Morgan fingerprint density at radius 3 is 2.84 bits per heavy atom. The van der Waals surface area contributed by atoms with Crippen LogP contribution in [0.3, 0.4) is 0 Å².